The number of carbonyl (C=O) groups excluding carboxylic acids is 1. The van der Waals surface area contributed by atoms with Crippen molar-refractivity contribution in [1.29, 1.82) is 0 Å². The largest absolute Gasteiger partial charge is 0.489 e. The van der Waals surface area contributed by atoms with Gasteiger partial charge in [0.05, 0.1) is 13.1 Å². The van der Waals surface area contributed by atoms with E-state index in [0.29, 0.717) is 18.8 Å². The van der Waals surface area contributed by atoms with E-state index in [1.807, 2.05) is 11.8 Å². The van der Waals surface area contributed by atoms with Crippen LogP contribution in [0.3, 0.4) is 0 Å². The van der Waals surface area contributed by atoms with Crippen LogP contribution in [0.2, 0.25) is 0 Å². The van der Waals surface area contributed by atoms with Gasteiger partial charge in [0.25, 0.3) is 0 Å². The zero-order chi connectivity index (χ0) is 20.6. The van der Waals surface area contributed by atoms with Crippen LogP contribution in [0.4, 0.5) is 4.39 Å². The van der Waals surface area contributed by atoms with Gasteiger partial charge in [-0.25, -0.2) is 4.39 Å². The summed E-state index contributed by atoms with van der Waals surface area (Å²) in [5.74, 6) is 1.29. The third-order valence-electron chi connectivity index (χ3n) is 5.38. The van der Waals surface area contributed by atoms with E-state index >= 15 is 0 Å². The van der Waals surface area contributed by atoms with Crippen molar-refractivity contribution in [2.75, 3.05) is 59.4 Å². The second-order valence-electron chi connectivity index (χ2n) is 7.67. The molecule has 1 amide bonds. The molecule has 0 saturated carbocycles. The molecule has 8 heteroatoms. The fraction of sp³-hybridized carbons (Fsp3) is 0.619. The molecule has 160 valence electrons. The molecule has 1 aromatic rings. The summed E-state index contributed by atoms with van der Waals surface area (Å²) in [5, 5.41) is 3.34. The average molecular weight is 406 g/mol. The van der Waals surface area contributed by atoms with Crippen LogP contribution in [0, 0.1) is 5.82 Å². The van der Waals surface area contributed by atoms with Gasteiger partial charge >= 0.3 is 0 Å². The third kappa shape index (κ3) is 6.32. The highest BCUT2D eigenvalue weighted by Crippen LogP contribution is 2.14. The second-order valence-corrected chi connectivity index (χ2v) is 7.67. The summed E-state index contributed by atoms with van der Waals surface area (Å²) in [5.41, 5.74) is 0. The van der Waals surface area contributed by atoms with Crippen LogP contribution < -0.4 is 10.1 Å². The molecule has 3 rings (SSSR count). The number of hydrogen-bond acceptors (Lipinski definition) is 4. The van der Waals surface area contributed by atoms with Crippen LogP contribution in [-0.4, -0.2) is 92.1 Å². The maximum Gasteiger partial charge on any atom is 0.236 e. The molecule has 1 aromatic carbocycles. The number of hydrogen-bond donors (Lipinski definition) is 1. The Kier molecular flexibility index (Phi) is 7.69. The summed E-state index contributed by atoms with van der Waals surface area (Å²) < 4.78 is 19.0. The molecule has 0 spiro atoms. The normalized spacial score (nSPS) is 19.3. The number of benzene rings is 1. The van der Waals surface area contributed by atoms with Crippen molar-refractivity contribution in [2.45, 2.75) is 25.9 Å². The smallest absolute Gasteiger partial charge is 0.236 e. The lowest BCUT2D eigenvalue weighted by Crippen LogP contribution is -2.54. The van der Waals surface area contributed by atoms with Gasteiger partial charge in [-0.1, -0.05) is 6.07 Å². The molecule has 0 aromatic heterocycles. The van der Waals surface area contributed by atoms with Crippen molar-refractivity contribution in [3.05, 3.63) is 30.1 Å². The number of piperazine rings is 1. The third-order valence-corrected chi connectivity index (χ3v) is 5.38. The van der Waals surface area contributed by atoms with Gasteiger partial charge in [0, 0.05) is 52.4 Å². The number of rotatable bonds is 6. The van der Waals surface area contributed by atoms with Crippen LogP contribution in [0.25, 0.3) is 0 Å². The average Bonchev–Trinajstić information content (AvgIpc) is 3.25. The lowest BCUT2D eigenvalue weighted by atomic mass is 10.3. The van der Waals surface area contributed by atoms with Crippen molar-refractivity contribution in [2.24, 2.45) is 4.99 Å². The van der Waals surface area contributed by atoms with Crippen LogP contribution >= 0.6 is 0 Å². The Morgan fingerprint density at radius 3 is 2.55 bits per heavy atom. The Bertz CT molecular complexity index is 700. The van der Waals surface area contributed by atoms with Gasteiger partial charge in [-0.05, 0) is 31.9 Å². The molecule has 2 aliphatic heterocycles. The lowest BCUT2D eigenvalue weighted by Gasteiger charge is -2.36. The van der Waals surface area contributed by atoms with Gasteiger partial charge in [0.1, 0.15) is 17.7 Å². The summed E-state index contributed by atoms with van der Waals surface area (Å²) in [6, 6.07) is 6.17. The van der Waals surface area contributed by atoms with Crippen LogP contribution in [-0.2, 0) is 4.79 Å². The Labute approximate surface area is 172 Å². The van der Waals surface area contributed by atoms with Crippen LogP contribution in [0.5, 0.6) is 5.75 Å². The Morgan fingerprint density at radius 1 is 1.17 bits per heavy atom. The first-order chi connectivity index (χ1) is 14.0. The number of halogens is 1. The molecule has 2 aliphatic rings. The number of aliphatic imine (C=N–C) groups is 1. The predicted octanol–water partition coefficient (Wildman–Crippen LogP) is 1.41. The lowest BCUT2D eigenvalue weighted by molar-refractivity contribution is -0.131. The van der Waals surface area contributed by atoms with E-state index in [1.165, 1.54) is 12.1 Å². The SMILES string of the molecule is CN=C(NCC(C)Oc1cccc(F)c1)N1CCN(CC(=O)N2CCCC2)CC1. The minimum atomic E-state index is -0.306. The fourth-order valence-corrected chi connectivity index (χ4v) is 3.76. The Morgan fingerprint density at radius 2 is 1.90 bits per heavy atom. The molecule has 2 fully saturated rings. The molecule has 0 radical (unpaired) electrons. The van der Waals surface area contributed by atoms with Gasteiger partial charge in [-0.15, -0.1) is 0 Å². The first-order valence-corrected chi connectivity index (χ1v) is 10.4. The van der Waals surface area contributed by atoms with Crippen molar-refractivity contribution in [3.63, 3.8) is 0 Å². The zero-order valence-electron chi connectivity index (χ0n) is 17.4. The number of amides is 1. The summed E-state index contributed by atoms with van der Waals surface area (Å²) in [4.78, 5) is 23.1. The van der Waals surface area contributed by atoms with Gasteiger partial charge < -0.3 is 19.9 Å². The molecule has 1 unspecified atom stereocenters. The van der Waals surface area contributed by atoms with Crippen LogP contribution in [0.15, 0.2) is 29.3 Å². The number of guanidine groups is 1. The topological polar surface area (TPSA) is 60.4 Å². The number of carbonyl (C=O) groups is 1. The summed E-state index contributed by atoms with van der Waals surface area (Å²) in [6.45, 7) is 8.17. The minimum Gasteiger partial charge on any atom is -0.489 e. The molecule has 2 saturated heterocycles. The minimum absolute atomic E-state index is 0.132. The molecule has 29 heavy (non-hydrogen) atoms. The van der Waals surface area contributed by atoms with Gasteiger partial charge in [0.15, 0.2) is 5.96 Å². The summed E-state index contributed by atoms with van der Waals surface area (Å²) >= 11 is 0. The molecule has 1 N–H and O–H groups in total. The highest BCUT2D eigenvalue weighted by molar-refractivity contribution is 5.80. The second kappa shape index (κ2) is 10.4. The number of nitrogens with zero attached hydrogens (tertiary/aromatic N) is 4. The standard InChI is InChI=1S/C21H32FN5O2/c1-17(29-19-7-5-6-18(22)14-19)15-24-21(23-2)27-12-10-25(11-13-27)16-20(28)26-8-3-4-9-26/h5-7,14,17H,3-4,8-13,15-16H2,1-2H3,(H,23,24). The Balaban J connectivity index is 1.40. The zero-order valence-corrected chi connectivity index (χ0v) is 17.4. The first-order valence-electron chi connectivity index (χ1n) is 10.4. The molecule has 7 nitrogen and oxygen atoms in total. The summed E-state index contributed by atoms with van der Waals surface area (Å²) in [6.07, 6.45) is 2.12. The first kappa shape index (κ1) is 21.4. The summed E-state index contributed by atoms with van der Waals surface area (Å²) in [7, 11) is 1.77. The molecule has 1 atom stereocenters. The van der Waals surface area contributed by atoms with E-state index in [4.69, 9.17) is 4.74 Å². The predicted molar refractivity (Wildman–Crippen MR) is 112 cm³/mol. The van der Waals surface area contributed by atoms with Gasteiger partial charge in [0.2, 0.25) is 5.91 Å². The molecule has 2 heterocycles. The van der Waals surface area contributed by atoms with Crippen molar-refractivity contribution < 1.29 is 13.9 Å². The Hall–Kier alpha value is -2.35. The number of likely N-dealkylation sites (tertiary alicyclic amines) is 1. The van der Waals surface area contributed by atoms with Gasteiger partial charge in [-0.3, -0.25) is 14.7 Å². The van der Waals surface area contributed by atoms with E-state index in [1.54, 1.807) is 19.2 Å². The van der Waals surface area contributed by atoms with Crippen molar-refractivity contribution >= 4 is 11.9 Å². The molecule has 0 bridgehead atoms. The maximum atomic E-state index is 13.3. The molecule has 0 aliphatic carbocycles. The highest BCUT2D eigenvalue weighted by Gasteiger charge is 2.24. The van der Waals surface area contributed by atoms with Crippen molar-refractivity contribution in [1.82, 2.24) is 20.0 Å². The number of nitrogens with one attached hydrogen (secondary N) is 1. The quantitative estimate of drug-likeness (QED) is 0.573. The van der Waals surface area contributed by atoms with Gasteiger partial charge in [-0.2, -0.15) is 0 Å². The molecular formula is C21H32FN5O2. The molecular weight excluding hydrogens is 373 g/mol. The fourth-order valence-electron chi connectivity index (χ4n) is 3.76. The van der Waals surface area contributed by atoms with Crippen LogP contribution in [0.1, 0.15) is 19.8 Å². The van der Waals surface area contributed by atoms with E-state index < -0.39 is 0 Å². The van der Waals surface area contributed by atoms with E-state index in [-0.39, 0.29) is 17.8 Å². The number of ether oxygens (including phenoxy) is 1. The maximum absolute atomic E-state index is 13.3. The van der Waals surface area contributed by atoms with E-state index in [0.717, 1.165) is 58.1 Å². The van der Waals surface area contributed by atoms with Crippen molar-refractivity contribution in [3.8, 4) is 5.75 Å². The highest BCUT2D eigenvalue weighted by atomic mass is 19.1. The van der Waals surface area contributed by atoms with E-state index in [2.05, 4.69) is 20.1 Å². The van der Waals surface area contributed by atoms with E-state index in [9.17, 15) is 9.18 Å². The monoisotopic (exact) mass is 405 g/mol.